The van der Waals surface area contributed by atoms with Crippen LogP contribution in [0.3, 0.4) is 0 Å². The maximum Gasteiger partial charge on any atom is 0.341 e. The second-order valence-electron chi connectivity index (χ2n) is 2.22. The highest BCUT2D eigenvalue weighted by atomic mass is 35.5. The molecule has 2 nitrogen and oxygen atoms in total. The molecule has 1 rings (SSSR count). The molecule has 70 valence electrons. The van der Waals surface area contributed by atoms with Gasteiger partial charge in [-0.25, -0.2) is 0 Å². The molecule has 1 aromatic rings. The first kappa shape index (κ1) is 9.92. The molecule has 1 heterocycles. The van der Waals surface area contributed by atoms with Crippen molar-refractivity contribution in [1.29, 1.82) is 0 Å². The van der Waals surface area contributed by atoms with E-state index >= 15 is 0 Å². The lowest BCUT2D eigenvalue weighted by Gasteiger charge is -1.97. The summed E-state index contributed by atoms with van der Waals surface area (Å²) >= 11 is 4.54. The topological polar surface area (TPSA) is 30.2 Å². The summed E-state index contributed by atoms with van der Waals surface area (Å²) in [5.41, 5.74) is 0. The smallest absolute Gasteiger partial charge is 0.341 e. The van der Waals surface area contributed by atoms with E-state index in [2.05, 4.69) is 16.0 Å². The molecule has 0 aliphatic rings. The summed E-state index contributed by atoms with van der Waals surface area (Å²) in [6.07, 6.45) is 2.26. The van der Waals surface area contributed by atoms with Gasteiger partial charge in [-0.2, -0.15) is 8.78 Å². The van der Waals surface area contributed by atoms with E-state index in [0.717, 1.165) is 0 Å². The molecule has 0 aliphatic carbocycles. The summed E-state index contributed by atoms with van der Waals surface area (Å²) in [7, 11) is 0. The van der Waals surface area contributed by atoms with Crippen LogP contribution in [0.2, 0.25) is 0 Å². The van der Waals surface area contributed by atoms with Gasteiger partial charge in [0, 0.05) is 6.08 Å². The minimum Gasteiger partial charge on any atom is -0.461 e. The van der Waals surface area contributed by atoms with Gasteiger partial charge in [-0.1, -0.05) is 0 Å². The Hall–Kier alpha value is -1.16. The molecule has 0 N–H and O–H groups in total. The first-order valence-corrected chi connectivity index (χ1v) is 3.70. The van der Waals surface area contributed by atoms with Gasteiger partial charge >= 0.3 is 5.38 Å². The van der Waals surface area contributed by atoms with E-state index in [-0.39, 0.29) is 5.76 Å². The zero-order valence-electron chi connectivity index (χ0n) is 6.34. The van der Waals surface area contributed by atoms with Crippen molar-refractivity contribution >= 4 is 17.4 Å². The Bertz CT molecular complexity index is 311. The first-order chi connectivity index (χ1) is 5.99. The third kappa shape index (κ3) is 3.38. The van der Waals surface area contributed by atoms with Crippen LogP contribution >= 0.6 is 11.6 Å². The Balaban J connectivity index is 2.67. The Morgan fingerprint density at radius 1 is 1.62 bits per heavy atom. The largest absolute Gasteiger partial charge is 0.461 e. The number of carbonyl (C=O) groups excluding carboxylic acids is 1. The minimum atomic E-state index is -3.50. The Kier molecular flexibility index (Phi) is 2.83. The maximum atomic E-state index is 12.0. The molecule has 0 amide bonds. The third-order valence-corrected chi connectivity index (χ3v) is 1.31. The number of hydrogen-bond donors (Lipinski definition) is 0. The number of hydrogen-bond acceptors (Lipinski definition) is 2. The monoisotopic (exact) mass is 206 g/mol. The molecule has 0 unspecified atom stereocenters. The van der Waals surface area contributed by atoms with Gasteiger partial charge in [0.2, 0.25) is 5.78 Å². The first-order valence-electron chi connectivity index (χ1n) is 3.33. The molecule has 1 aromatic heterocycles. The lowest BCUT2D eigenvalue weighted by Crippen LogP contribution is -2.01. The van der Waals surface area contributed by atoms with E-state index in [0.29, 0.717) is 12.2 Å². The van der Waals surface area contributed by atoms with Gasteiger partial charge in [-0.05, 0) is 29.8 Å². The van der Waals surface area contributed by atoms with Crippen molar-refractivity contribution in [2.24, 2.45) is 0 Å². The van der Waals surface area contributed by atoms with Crippen LogP contribution in [0.15, 0.2) is 35.0 Å². The Morgan fingerprint density at radius 2 is 2.31 bits per heavy atom. The van der Waals surface area contributed by atoms with Gasteiger partial charge in [-0.15, -0.1) is 0 Å². The number of furan rings is 1. The molecule has 0 saturated carbocycles. The fraction of sp³-hybridized carbons (Fsp3) is 0.125. The molecule has 0 bridgehead atoms. The SMILES string of the molecule is O=C(/C=C/C(F)(F)Cl)c1ccco1. The molecule has 0 spiro atoms. The summed E-state index contributed by atoms with van der Waals surface area (Å²) in [6, 6.07) is 2.86. The average molecular weight is 207 g/mol. The van der Waals surface area contributed by atoms with Gasteiger partial charge in [0.1, 0.15) is 0 Å². The predicted octanol–water partition coefficient (Wildman–Crippen LogP) is 2.85. The number of halogens is 3. The fourth-order valence-electron chi connectivity index (χ4n) is 0.671. The van der Waals surface area contributed by atoms with Crippen molar-refractivity contribution < 1.29 is 18.0 Å². The third-order valence-electron chi connectivity index (χ3n) is 1.19. The number of allylic oxidation sites excluding steroid dienone is 2. The maximum absolute atomic E-state index is 12.0. The minimum absolute atomic E-state index is 0.00262. The molecule has 0 radical (unpaired) electrons. The number of alkyl halides is 3. The molecular weight excluding hydrogens is 202 g/mol. The highest BCUT2D eigenvalue weighted by Crippen LogP contribution is 2.20. The van der Waals surface area contributed by atoms with Crippen molar-refractivity contribution in [2.75, 3.05) is 0 Å². The van der Waals surface area contributed by atoms with E-state index in [1.165, 1.54) is 18.4 Å². The summed E-state index contributed by atoms with van der Waals surface area (Å²) in [4.78, 5) is 11.0. The van der Waals surface area contributed by atoms with Crippen LogP contribution < -0.4 is 0 Å². The average Bonchev–Trinajstić information content (AvgIpc) is 2.50. The van der Waals surface area contributed by atoms with Gasteiger partial charge in [0.05, 0.1) is 6.26 Å². The highest BCUT2D eigenvalue weighted by molar-refractivity contribution is 6.23. The van der Waals surface area contributed by atoms with Crippen molar-refractivity contribution in [3.05, 3.63) is 36.3 Å². The lowest BCUT2D eigenvalue weighted by atomic mass is 10.3. The molecule has 0 aliphatic heterocycles. The number of carbonyl (C=O) groups is 1. The Labute approximate surface area is 77.8 Å². The van der Waals surface area contributed by atoms with Crippen molar-refractivity contribution in [3.8, 4) is 0 Å². The molecule has 0 fully saturated rings. The summed E-state index contributed by atoms with van der Waals surface area (Å²) < 4.78 is 28.7. The van der Waals surface area contributed by atoms with Crippen LogP contribution in [-0.2, 0) is 0 Å². The number of rotatable bonds is 3. The van der Waals surface area contributed by atoms with Gasteiger partial charge in [0.25, 0.3) is 0 Å². The molecule has 0 atom stereocenters. The van der Waals surface area contributed by atoms with Crippen molar-refractivity contribution in [3.63, 3.8) is 0 Å². The molecular formula is C8H5ClF2O2. The van der Waals surface area contributed by atoms with Crippen LogP contribution in [0, 0.1) is 0 Å². The predicted molar refractivity (Wildman–Crippen MR) is 43.0 cm³/mol. The van der Waals surface area contributed by atoms with Crippen LogP contribution in [0.5, 0.6) is 0 Å². The molecule has 5 heteroatoms. The second kappa shape index (κ2) is 3.70. The summed E-state index contributed by atoms with van der Waals surface area (Å²) in [5, 5.41) is -3.50. The van der Waals surface area contributed by atoms with Crippen molar-refractivity contribution in [2.45, 2.75) is 5.38 Å². The fourth-order valence-corrected chi connectivity index (χ4v) is 0.734. The normalized spacial score (nSPS) is 12.2. The summed E-state index contributed by atoms with van der Waals surface area (Å²) in [5.74, 6) is -0.650. The standard InChI is InChI=1S/C8H5ClF2O2/c9-8(10,11)4-3-6(12)7-2-1-5-13-7/h1-5H/b4-3+. The zero-order valence-corrected chi connectivity index (χ0v) is 7.09. The zero-order chi connectivity index (χ0) is 9.90. The van der Waals surface area contributed by atoms with Gasteiger partial charge in [-0.3, -0.25) is 4.79 Å². The quantitative estimate of drug-likeness (QED) is 0.433. The van der Waals surface area contributed by atoms with Gasteiger partial charge < -0.3 is 4.42 Å². The highest BCUT2D eigenvalue weighted by Gasteiger charge is 2.20. The van der Waals surface area contributed by atoms with E-state index in [9.17, 15) is 13.6 Å². The molecule has 0 saturated heterocycles. The van der Waals surface area contributed by atoms with Gasteiger partial charge in [0.15, 0.2) is 5.76 Å². The van der Waals surface area contributed by atoms with Crippen molar-refractivity contribution in [1.82, 2.24) is 0 Å². The summed E-state index contributed by atoms with van der Waals surface area (Å²) in [6.45, 7) is 0. The molecule has 0 aromatic carbocycles. The van der Waals surface area contributed by atoms with E-state index in [1.807, 2.05) is 0 Å². The lowest BCUT2D eigenvalue weighted by molar-refractivity contribution is 0.101. The van der Waals surface area contributed by atoms with E-state index in [1.54, 1.807) is 0 Å². The van der Waals surface area contributed by atoms with Crippen LogP contribution in [0.4, 0.5) is 8.78 Å². The second-order valence-corrected chi connectivity index (χ2v) is 2.72. The Morgan fingerprint density at radius 3 is 2.77 bits per heavy atom. The van der Waals surface area contributed by atoms with Crippen LogP contribution in [0.1, 0.15) is 10.6 Å². The molecule has 13 heavy (non-hydrogen) atoms. The van der Waals surface area contributed by atoms with E-state index < -0.39 is 11.2 Å². The van der Waals surface area contributed by atoms with Crippen LogP contribution in [0.25, 0.3) is 0 Å². The number of ketones is 1. The van der Waals surface area contributed by atoms with E-state index in [4.69, 9.17) is 0 Å². The van der Waals surface area contributed by atoms with Crippen LogP contribution in [-0.4, -0.2) is 11.2 Å².